The van der Waals surface area contributed by atoms with Crippen LogP contribution >= 0.6 is 0 Å². The average Bonchev–Trinajstić information content (AvgIpc) is 2.53. The lowest BCUT2D eigenvalue weighted by Crippen LogP contribution is -2.24. The van der Waals surface area contributed by atoms with Crippen LogP contribution < -0.4 is 5.56 Å². The molecule has 0 fully saturated rings. The molecule has 0 radical (unpaired) electrons. The summed E-state index contributed by atoms with van der Waals surface area (Å²) in [6.45, 7) is 0.0998. The Balaban J connectivity index is 2.42. The molecular formula is C14H11N5O3. The molecule has 0 saturated carbocycles. The average molecular weight is 297 g/mol. The quantitative estimate of drug-likeness (QED) is 0.611. The molecule has 0 aliphatic carbocycles. The van der Waals surface area contributed by atoms with Crippen molar-refractivity contribution in [2.45, 2.75) is 19.4 Å². The maximum absolute atomic E-state index is 12.4. The number of nitriles is 2. The number of aromatic nitrogens is 2. The molecule has 2 aromatic rings. The molecule has 1 aromatic heterocycles. The summed E-state index contributed by atoms with van der Waals surface area (Å²) in [5.74, 6) is -0.490. The SMILES string of the molecule is N#CCC[C@@H](C#N)Cn1cnc2ccc([N+](=O)[O-])cc2c1=O. The Bertz CT molecular complexity index is 859. The molecular weight excluding hydrogens is 286 g/mol. The summed E-state index contributed by atoms with van der Waals surface area (Å²) >= 11 is 0. The van der Waals surface area contributed by atoms with E-state index < -0.39 is 16.4 Å². The lowest BCUT2D eigenvalue weighted by atomic mass is 10.1. The van der Waals surface area contributed by atoms with Gasteiger partial charge < -0.3 is 0 Å². The third-order valence-electron chi connectivity index (χ3n) is 3.22. The summed E-state index contributed by atoms with van der Waals surface area (Å²) in [5.41, 5.74) is -0.270. The second-order valence-corrected chi connectivity index (χ2v) is 4.68. The van der Waals surface area contributed by atoms with E-state index in [0.29, 0.717) is 11.9 Å². The standard InChI is InChI=1S/C14H11N5O3/c15-5-1-2-10(7-16)8-18-9-17-13-4-3-11(19(21)22)6-12(13)14(18)20/h3-4,6,9-10H,1-2,8H2/t10-/m0/s1. The largest absolute Gasteiger partial charge is 0.297 e. The highest BCUT2D eigenvalue weighted by molar-refractivity contribution is 5.79. The number of nitrogens with zero attached hydrogens (tertiary/aromatic N) is 5. The van der Waals surface area contributed by atoms with Crippen LogP contribution in [0.15, 0.2) is 29.3 Å². The molecule has 0 saturated heterocycles. The summed E-state index contributed by atoms with van der Waals surface area (Å²) in [5, 5.41) is 28.5. The summed E-state index contributed by atoms with van der Waals surface area (Å²) < 4.78 is 1.25. The van der Waals surface area contributed by atoms with Crippen LogP contribution in [0, 0.1) is 38.7 Å². The van der Waals surface area contributed by atoms with Gasteiger partial charge in [0.25, 0.3) is 11.2 Å². The Kier molecular flexibility index (Phi) is 4.44. The summed E-state index contributed by atoms with van der Waals surface area (Å²) in [6, 6.07) is 7.87. The number of non-ortho nitro benzene ring substituents is 1. The maximum Gasteiger partial charge on any atom is 0.270 e. The van der Waals surface area contributed by atoms with Crippen molar-refractivity contribution in [3.63, 3.8) is 0 Å². The van der Waals surface area contributed by atoms with Crippen LogP contribution in [0.4, 0.5) is 5.69 Å². The van der Waals surface area contributed by atoms with Crippen LogP contribution in [-0.4, -0.2) is 14.5 Å². The number of nitro benzene ring substituents is 1. The first-order chi connectivity index (χ1) is 10.6. The Morgan fingerprint density at radius 1 is 1.41 bits per heavy atom. The lowest BCUT2D eigenvalue weighted by Gasteiger charge is -2.10. The predicted molar refractivity (Wildman–Crippen MR) is 76.6 cm³/mol. The van der Waals surface area contributed by atoms with Crippen LogP contribution in [-0.2, 0) is 6.54 Å². The molecule has 0 spiro atoms. The number of benzene rings is 1. The van der Waals surface area contributed by atoms with Gasteiger partial charge in [0.1, 0.15) is 0 Å². The molecule has 2 rings (SSSR count). The first-order valence-electron chi connectivity index (χ1n) is 6.47. The van der Waals surface area contributed by atoms with Crippen LogP contribution in [0.2, 0.25) is 0 Å². The van der Waals surface area contributed by atoms with E-state index in [1.165, 1.54) is 29.1 Å². The monoisotopic (exact) mass is 297 g/mol. The number of fused-ring (bicyclic) bond motifs is 1. The van der Waals surface area contributed by atoms with E-state index in [9.17, 15) is 14.9 Å². The second-order valence-electron chi connectivity index (χ2n) is 4.68. The Labute approximate surface area is 125 Å². The first kappa shape index (κ1) is 15.1. The van der Waals surface area contributed by atoms with E-state index in [1.54, 1.807) is 0 Å². The minimum absolute atomic E-state index is 0.0998. The molecule has 0 bridgehead atoms. The molecule has 8 nitrogen and oxygen atoms in total. The van der Waals surface area contributed by atoms with Crippen molar-refractivity contribution in [2.75, 3.05) is 0 Å². The van der Waals surface area contributed by atoms with Crippen molar-refractivity contribution in [1.82, 2.24) is 9.55 Å². The van der Waals surface area contributed by atoms with Gasteiger partial charge in [0, 0.05) is 25.1 Å². The molecule has 22 heavy (non-hydrogen) atoms. The van der Waals surface area contributed by atoms with Crippen LogP contribution in [0.3, 0.4) is 0 Å². The molecule has 1 atom stereocenters. The zero-order valence-corrected chi connectivity index (χ0v) is 11.5. The number of hydrogen-bond acceptors (Lipinski definition) is 6. The van der Waals surface area contributed by atoms with Crippen molar-refractivity contribution in [1.29, 1.82) is 10.5 Å². The number of nitro groups is 1. The molecule has 0 unspecified atom stereocenters. The topological polar surface area (TPSA) is 126 Å². The highest BCUT2D eigenvalue weighted by atomic mass is 16.6. The maximum atomic E-state index is 12.4. The van der Waals surface area contributed by atoms with Crippen molar-refractivity contribution in [3.8, 4) is 12.1 Å². The molecule has 110 valence electrons. The normalized spacial score (nSPS) is 11.5. The highest BCUT2D eigenvalue weighted by Gasteiger charge is 2.13. The zero-order chi connectivity index (χ0) is 16.1. The Hall–Kier alpha value is -3.26. The van der Waals surface area contributed by atoms with Crippen molar-refractivity contribution < 1.29 is 4.92 Å². The van der Waals surface area contributed by atoms with Gasteiger partial charge in [0.05, 0.1) is 40.2 Å². The van der Waals surface area contributed by atoms with E-state index in [0.717, 1.165) is 0 Å². The van der Waals surface area contributed by atoms with Crippen LogP contribution in [0.1, 0.15) is 12.8 Å². The van der Waals surface area contributed by atoms with Crippen LogP contribution in [0.25, 0.3) is 10.9 Å². The van der Waals surface area contributed by atoms with Gasteiger partial charge in [-0.1, -0.05) is 0 Å². The predicted octanol–water partition coefficient (Wildman–Crippen LogP) is 1.75. The summed E-state index contributed by atoms with van der Waals surface area (Å²) in [4.78, 5) is 26.6. The fourth-order valence-corrected chi connectivity index (χ4v) is 2.06. The van der Waals surface area contributed by atoms with Gasteiger partial charge in [0.15, 0.2) is 0 Å². The van der Waals surface area contributed by atoms with E-state index in [4.69, 9.17) is 10.5 Å². The Morgan fingerprint density at radius 2 is 2.18 bits per heavy atom. The summed E-state index contributed by atoms with van der Waals surface area (Å²) in [7, 11) is 0. The first-order valence-corrected chi connectivity index (χ1v) is 6.47. The van der Waals surface area contributed by atoms with Gasteiger partial charge >= 0.3 is 0 Å². The van der Waals surface area contributed by atoms with Gasteiger partial charge in [-0.3, -0.25) is 19.5 Å². The minimum atomic E-state index is -0.582. The highest BCUT2D eigenvalue weighted by Crippen LogP contribution is 2.16. The third-order valence-corrected chi connectivity index (χ3v) is 3.22. The molecule has 1 aromatic carbocycles. The second kappa shape index (κ2) is 6.46. The third kappa shape index (κ3) is 3.07. The molecule has 0 amide bonds. The van der Waals surface area contributed by atoms with Crippen LogP contribution in [0.5, 0.6) is 0 Å². The number of hydrogen-bond donors (Lipinski definition) is 0. The fraction of sp³-hybridized carbons (Fsp3) is 0.286. The smallest absolute Gasteiger partial charge is 0.270 e. The summed E-state index contributed by atoms with van der Waals surface area (Å²) in [6.07, 6.45) is 1.89. The van der Waals surface area contributed by atoms with E-state index in [1.807, 2.05) is 12.1 Å². The van der Waals surface area contributed by atoms with E-state index in [-0.39, 0.29) is 24.0 Å². The number of rotatable bonds is 5. The molecule has 0 aliphatic heterocycles. The van der Waals surface area contributed by atoms with Gasteiger partial charge in [0.2, 0.25) is 0 Å². The van der Waals surface area contributed by atoms with E-state index in [2.05, 4.69) is 4.98 Å². The minimum Gasteiger partial charge on any atom is -0.297 e. The fourth-order valence-electron chi connectivity index (χ4n) is 2.06. The lowest BCUT2D eigenvalue weighted by molar-refractivity contribution is -0.384. The molecule has 8 heteroatoms. The van der Waals surface area contributed by atoms with Gasteiger partial charge in [-0.15, -0.1) is 0 Å². The molecule has 0 N–H and O–H groups in total. The molecule has 1 heterocycles. The van der Waals surface area contributed by atoms with Gasteiger partial charge in [-0.2, -0.15) is 10.5 Å². The van der Waals surface area contributed by atoms with E-state index >= 15 is 0 Å². The van der Waals surface area contributed by atoms with Gasteiger partial charge in [-0.05, 0) is 12.5 Å². The van der Waals surface area contributed by atoms with Crippen molar-refractivity contribution in [2.24, 2.45) is 5.92 Å². The zero-order valence-electron chi connectivity index (χ0n) is 11.5. The Morgan fingerprint density at radius 3 is 2.82 bits per heavy atom. The van der Waals surface area contributed by atoms with Crippen molar-refractivity contribution >= 4 is 16.6 Å². The van der Waals surface area contributed by atoms with Gasteiger partial charge in [-0.25, -0.2) is 4.98 Å². The molecule has 0 aliphatic rings. The van der Waals surface area contributed by atoms with Crippen molar-refractivity contribution in [3.05, 3.63) is 45.0 Å².